The molecule has 0 aliphatic carbocycles. The zero-order chi connectivity index (χ0) is 14.8. The maximum absolute atomic E-state index is 12.5. The zero-order valence-corrected chi connectivity index (χ0v) is 12.6. The number of hydrogen-bond donors (Lipinski definition) is 2. The van der Waals surface area contributed by atoms with Crippen molar-refractivity contribution in [1.29, 1.82) is 0 Å². The molecule has 3 N–H and O–H groups in total. The molecule has 110 valence electrons. The Labute approximate surface area is 124 Å². The van der Waals surface area contributed by atoms with Gasteiger partial charge in [-0.1, -0.05) is 30.7 Å². The number of carbonyl (C=O) groups excluding carboxylic acids is 1. The molecular formula is C15H21ClN2O2. The summed E-state index contributed by atoms with van der Waals surface area (Å²) in [5, 5.41) is 3.73. The van der Waals surface area contributed by atoms with Crippen LogP contribution in [0, 0.1) is 5.41 Å². The molecule has 3 atom stereocenters. The number of nitrogens with one attached hydrogen (secondary N) is 1. The SMILES string of the molecule is CCC(NC(=O)C1(C)COCC1N)c1cccc(Cl)c1. The van der Waals surface area contributed by atoms with Crippen molar-refractivity contribution in [2.75, 3.05) is 13.2 Å². The fraction of sp³-hybridized carbons (Fsp3) is 0.533. The summed E-state index contributed by atoms with van der Waals surface area (Å²) in [6.07, 6.45) is 0.790. The number of benzene rings is 1. The summed E-state index contributed by atoms with van der Waals surface area (Å²) in [7, 11) is 0. The van der Waals surface area contributed by atoms with Gasteiger partial charge in [-0.3, -0.25) is 4.79 Å². The Balaban J connectivity index is 2.12. The highest BCUT2D eigenvalue weighted by Crippen LogP contribution is 2.29. The molecule has 1 amide bonds. The van der Waals surface area contributed by atoms with E-state index in [1.165, 1.54) is 0 Å². The lowest BCUT2D eigenvalue weighted by atomic mass is 9.84. The normalized spacial score (nSPS) is 27.3. The third-order valence-electron chi connectivity index (χ3n) is 4.00. The molecule has 1 heterocycles. The summed E-state index contributed by atoms with van der Waals surface area (Å²) in [5.74, 6) is -0.0608. The summed E-state index contributed by atoms with van der Waals surface area (Å²) in [6, 6.07) is 7.22. The van der Waals surface area contributed by atoms with Crippen molar-refractivity contribution in [3.05, 3.63) is 34.9 Å². The molecule has 0 bridgehead atoms. The molecule has 0 aromatic heterocycles. The average Bonchev–Trinajstić information content (AvgIpc) is 2.77. The first-order valence-electron chi connectivity index (χ1n) is 6.87. The highest BCUT2D eigenvalue weighted by molar-refractivity contribution is 6.30. The second kappa shape index (κ2) is 6.12. The number of nitrogens with two attached hydrogens (primary N) is 1. The van der Waals surface area contributed by atoms with Gasteiger partial charge in [-0.05, 0) is 31.0 Å². The lowest BCUT2D eigenvalue weighted by Gasteiger charge is -2.28. The van der Waals surface area contributed by atoms with Crippen LogP contribution in [0.5, 0.6) is 0 Å². The van der Waals surface area contributed by atoms with Crippen LogP contribution in [0.2, 0.25) is 5.02 Å². The summed E-state index contributed by atoms with van der Waals surface area (Å²) in [6.45, 7) is 4.67. The van der Waals surface area contributed by atoms with Gasteiger partial charge in [0.25, 0.3) is 0 Å². The molecular weight excluding hydrogens is 276 g/mol. The predicted octanol–water partition coefficient (Wildman–Crippen LogP) is 2.27. The van der Waals surface area contributed by atoms with Gasteiger partial charge in [0.2, 0.25) is 5.91 Å². The molecule has 0 radical (unpaired) electrons. The molecule has 20 heavy (non-hydrogen) atoms. The van der Waals surface area contributed by atoms with E-state index in [1.54, 1.807) is 0 Å². The van der Waals surface area contributed by atoms with Crippen molar-refractivity contribution in [1.82, 2.24) is 5.32 Å². The number of rotatable bonds is 4. The van der Waals surface area contributed by atoms with Gasteiger partial charge in [0.15, 0.2) is 0 Å². The molecule has 3 unspecified atom stereocenters. The Bertz CT molecular complexity index is 495. The highest BCUT2D eigenvalue weighted by Gasteiger charge is 2.44. The van der Waals surface area contributed by atoms with Crippen LogP contribution in [0.25, 0.3) is 0 Å². The molecule has 1 aliphatic heterocycles. The van der Waals surface area contributed by atoms with Crippen molar-refractivity contribution in [2.24, 2.45) is 11.1 Å². The molecule has 2 rings (SSSR count). The molecule has 1 saturated heterocycles. The van der Waals surface area contributed by atoms with Crippen LogP contribution in [0.1, 0.15) is 31.9 Å². The second-order valence-electron chi connectivity index (χ2n) is 5.53. The van der Waals surface area contributed by atoms with Gasteiger partial charge >= 0.3 is 0 Å². The van der Waals surface area contributed by atoms with Crippen LogP contribution in [0.4, 0.5) is 0 Å². The van der Waals surface area contributed by atoms with E-state index in [0.29, 0.717) is 18.2 Å². The van der Waals surface area contributed by atoms with E-state index in [-0.39, 0.29) is 18.0 Å². The second-order valence-corrected chi connectivity index (χ2v) is 5.96. The largest absolute Gasteiger partial charge is 0.379 e. The third kappa shape index (κ3) is 2.97. The Kier molecular flexibility index (Phi) is 4.68. The van der Waals surface area contributed by atoms with E-state index >= 15 is 0 Å². The molecule has 1 fully saturated rings. The first-order chi connectivity index (χ1) is 9.47. The van der Waals surface area contributed by atoms with Gasteiger partial charge in [-0.2, -0.15) is 0 Å². The minimum atomic E-state index is -0.661. The van der Waals surface area contributed by atoms with Gasteiger partial charge in [-0.25, -0.2) is 0 Å². The quantitative estimate of drug-likeness (QED) is 0.896. The van der Waals surface area contributed by atoms with E-state index in [9.17, 15) is 4.79 Å². The summed E-state index contributed by atoms with van der Waals surface area (Å²) < 4.78 is 5.33. The molecule has 5 heteroatoms. The van der Waals surface area contributed by atoms with E-state index in [1.807, 2.05) is 38.1 Å². The maximum Gasteiger partial charge on any atom is 0.230 e. The number of ether oxygens (including phenoxy) is 1. The number of hydrogen-bond acceptors (Lipinski definition) is 3. The Morgan fingerprint density at radius 1 is 1.65 bits per heavy atom. The lowest BCUT2D eigenvalue weighted by Crippen LogP contribution is -2.50. The van der Waals surface area contributed by atoms with Gasteiger partial charge in [0, 0.05) is 11.1 Å². The molecule has 0 spiro atoms. The van der Waals surface area contributed by atoms with Crippen molar-refractivity contribution in [3.8, 4) is 0 Å². The molecule has 1 aliphatic rings. The number of amides is 1. The molecule has 4 nitrogen and oxygen atoms in total. The van der Waals surface area contributed by atoms with Crippen molar-refractivity contribution in [2.45, 2.75) is 32.4 Å². The van der Waals surface area contributed by atoms with Crippen molar-refractivity contribution < 1.29 is 9.53 Å². The van der Waals surface area contributed by atoms with Gasteiger partial charge in [0.1, 0.15) is 0 Å². The van der Waals surface area contributed by atoms with Crippen LogP contribution in [0.3, 0.4) is 0 Å². The Morgan fingerprint density at radius 2 is 2.40 bits per heavy atom. The van der Waals surface area contributed by atoms with Gasteiger partial charge < -0.3 is 15.8 Å². The van der Waals surface area contributed by atoms with Crippen LogP contribution in [0.15, 0.2) is 24.3 Å². The Hall–Kier alpha value is -1.10. The fourth-order valence-corrected chi connectivity index (χ4v) is 2.59. The minimum Gasteiger partial charge on any atom is -0.379 e. The van der Waals surface area contributed by atoms with E-state index < -0.39 is 5.41 Å². The fourth-order valence-electron chi connectivity index (χ4n) is 2.39. The maximum atomic E-state index is 12.5. The van der Waals surface area contributed by atoms with E-state index in [0.717, 1.165) is 12.0 Å². The minimum absolute atomic E-state index is 0.0608. The van der Waals surface area contributed by atoms with Crippen LogP contribution >= 0.6 is 11.6 Å². The van der Waals surface area contributed by atoms with Crippen LogP contribution in [-0.2, 0) is 9.53 Å². The van der Waals surface area contributed by atoms with Gasteiger partial charge in [-0.15, -0.1) is 0 Å². The molecule has 0 saturated carbocycles. The molecule has 1 aromatic carbocycles. The average molecular weight is 297 g/mol. The lowest BCUT2D eigenvalue weighted by molar-refractivity contribution is -0.131. The van der Waals surface area contributed by atoms with Crippen LogP contribution < -0.4 is 11.1 Å². The Morgan fingerprint density at radius 3 is 2.95 bits per heavy atom. The zero-order valence-electron chi connectivity index (χ0n) is 11.9. The topological polar surface area (TPSA) is 64.3 Å². The summed E-state index contributed by atoms with van der Waals surface area (Å²) in [4.78, 5) is 12.5. The standard InChI is InChI=1S/C15H21ClN2O2/c1-3-12(10-5-4-6-11(16)7-10)18-14(19)15(2)9-20-8-13(15)17/h4-7,12-13H,3,8-9,17H2,1-2H3,(H,18,19). The first-order valence-corrected chi connectivity index (χ1v) is 7.25. The smallest absolute Gasteiger partial charge is 0.230 e. The van der Waals surface area contributed by atoms with Crippen LogP contribution in [-0.4, -0.2) is 25.2 Å². The van der Waals surface area contributed by atoms with Crippen molar-refractivity contribution >= 4 is 17.5 Å². The van der Waals surface area contributed by atoms with Crippen molar-refractivity contribution in [3.63, 3.8) is 0 Å². The van der Waals surface area contributed by atoms with Gasteiger partial charge in [0.05, 0.1) is 24.7 Å². The summed E-state index contributed by atoms with van der Waals surface area (Å²) >= 11 is 6.01. The third-order valence-corrected chi connectivity index (χ3v) is 4.24. The molecule has 1 aromatic rings. The predicted molar refractivity (Wildman–Crippen MR) is 79.5 cm³/mol. The monoisotopic (exact) mass is 296 g/mol. The number of halogens is 1. The summed E-state index contributed by atoms with van der Waals surface area (Å²) in [5.41, 5.74) is 6.33. The van der Waals surface area contributed by atoms with E-state index in [2.05, 4.69) is 5.32 Å². The first kappa shape index (κ1) is 15.3. The van der Waals surface area contributed by atoms with E-state index in [4.69, 9.17) is 22.1 Å². The number of carbonyl (C=O) groups is 1. The highest BCUT2D eigenvalue weighted by atomic mass is 35.5.